The Kier molecular flexibility index (Phi) is 32.7. The number of aliphatic hydroxyl groups is 2. The Bertz CT molecular complexity index is 5340. The number of nitrogens with one attached hydrogen (secondary N) is 2. The summed E-state index contributed by atoms with van der Waals surface area (Å²) in [5.74, 6) is -7.47. The fourth-order valence-electron chi connectivity index (χ4n) is 19.2. The summed E-state index contributed by atoms with van der Waals surface area (Å²) in [6, 6.07) is 8.07. The fraction of sp³-hybridized carbons (Fsp3) is 0.562. The summed E-state index contributed by atoms with van der Waals surface area (Å²) in [6.07, 6.45) is 20.4. The van der Waals surface area contributed by atoms with Crippen LogP contribution in [0.1, 0.15) is 158 Å². The van der Waals surface area contributed by atoms with Gasteiger partial charge in [0.15, 0.2) is 11.4 Å². The van der Waals surface area contributed by atoms with E-state index in [2.05, 4.69) is 73.2 Å². The number of H-pyrrole nitrogens is 1. The van der Waals surface area contributed by atoms with Gasteiger partial charge in [0.2, 0.25) is 23.6 Å². The molecule has 0 radical (unpaired) electrons. The number of ether oxygens (including phenoxy) is 7. The van der Waals surface area contributed by atoms with Gasteiger partial charge in [-0.1, -0.05) is 82.4 Å². The number of carbonyl (C=O) groups excluding carboxylic acids is 8. The van der Waals surface area contributed by atoms with E-state index in [1.54, 1.807) is 71.9 Å². The Balaban J connectivity index is 0.499. The number of hydrogen-bond donors (Lipinski definition) is 6. The molecular formula is C96H127N19O17. The number of piperidine rings is 1. The second-order valence-corrected chi connectivity index (χ2v) is 36.4. The highest BCUT2D eigenvalue weighted by Gasteiger charge is 2.53. The summed E-state index contributed by atoms with van der Waals surface area (Å²) < 4.78 is 43.8. The monoisotopic (exact) mass is 1820 g/mol. The third kappa shape index (κ3) is 23.5. The van der Waals surface area contributed by atoms with Crippen LogP contribution >= 0.6 is 0 Å². The first-order chi connectivity index (χ1) is 63.6. The first kappa shape index (κ1) is 96.8. The van der Waals surface area contributed by atoms with Crippen LogP contribution in [0.5, 0.6) is 0 Å². The van der Waals surface area contributed by atoms with Crippen LogP contribution in [0.2, 0.25) is 0 Å². The van der Waals surface area contributed by atoms with Crippen LogP contribution in [0.4, 0.5) is 22.5 Å². The van der Waals surface area contributed by atoms with Crippen LogP contribution in [-0.4, -0.2) is 294 Å². The number of carbonyl (C=O) groups is 8. The summed E-state index contributed by atoms with van der Waals surface area (Å²) in [4.78, 5) is 159. The fourth-order valence-corrected chi connectivity index (χ4v) is 19.2. The number of methoxy groups -OCH3 is 3. The standard InChI is InChI=1S/C96H127N19O17/c1-58-15-11-10-12-16-59(2)77(126-7)47-72-22-18-63(6)96(125,132-72)86(120)91(122)114-28-14-13-17-74(114)92(123)130-78(48-75(116)60(3)42-62(5)84(119)85(128-9)83(118)61(4)41-58)73(97)44-64-20-23-76(79(45-64)127-8)131-95(124)105-51-66-49-101-93(102-50-66)112-36-34-110(35-37-112)80(117)26-39-129-40-38-109-30-32-111(33-31-109)94-103-53-71(54-104-94)90(121)113-29-25-67-43-65(19-21-69(67)56-113)55-115-89-81(87(98)106-57-107-89)82(108-115)70-46-68-24-27-99-88(68)100-52-70/h10-12,15-16,19,21,24,27,42-43,46,49-50,52-54,57-58,60-61,63-64,72-74,76-79,84-85,119,125H,13-14,17-18,20,22-23,25-26,28-41,44-45,47-48,51,55-56,97H2,1-9H3,(H,99,100)(H,105,124)(H2,98,106,107)/b12-10+,15-11+,59-16+,62-42+/t58-,60-,61-,63-,64+,72+,73-,74+,76-,77+,78+,79-,84-,85+,96-/m1/s1. The lowest BCUT2D eigenvalue weighted by atomic mass is 9.80. The predicted molar refractivity (Wildman–Crippen MR) is 491 cm³/mol. The normalized spacial score (nSPS) is 27.9. The summed E-state index contributed by atoms with van der Waals surface area (Å²) in [5.41, 5.74) is 21.9. The van der Waals surface area contributed by atoms with Gasteiger partial charge >= 0.3 is 12.1 Å². The molecule has 0 unspecified atom stereocenters. The van der Waals surface area contributed by atoms with Crippen molar-refractivity contribution in [1.29, 1.82) is 0 Å². The van der Waals surface area contributed by atoms with Crippen molar-refractivity contribution >= 4 is 86.9 Å². The van der Waals surface area contributed by atoms with Crippen molar-refractivity contribution in [3.05, 3.63) is 149 Å². The number of fused-ring (bicyclic) bond motifs is 6. The molecule has 12 heterocycles. The lowest BCUT2D eigenvalue weighted by Crippen LogP contribution is -2.61. The second kappa shape index (κ2) is 44.5. The number of cyclic esters (lactones) is 1. The molecule has 36 nitrogen and oxygen atoms in total. The number of amides is 4. The number of anilines is 3. The van der Waals surface area contributed by atoms with Crippen molar-refractivity contribution in [3.63, 3.8) is 0 Å². The number of nitrogens with zero attached hydrogens (tertiary/aromatic N) is 15. The van der Waals surface area contributed by atoms with Gasteiger partial charge in [0.05, 0.1) is 55.4 Å². The van der Waals surface area contributed by atoms with Gasteiger partial charge in [-0.15, -0.1) is 0 Å². The van der Waals surface area contributed by atoms with Gasteiger partial charge in [0.1, 0.15) is 59.7 Å². The molecule has 8 N–H and O–H groups in total. The molecule has 4 saturated heterocycles. The van der Waals surface area contributed by atoms with Crippen LogP contribution in [-0.2, 0) is 88.0 Å². The number of pyridine rings is 1. The summed E-state index contributed by atoms with van der Waals surface area (Å²) >= 11 is 0. The molecule has 6 aromatic heterocycles. The largest absolute Gasteiger partial charge is 0.459 e. The minimum atomic E-state index is -2.51. The topological polar surface area (TPSA) is 449 Å². The Hall–Kier alpha value is -11.2. The number of aliphatic hydroxyl groups excluding tert-OH is 1. The summed E-state index contributed by atoms with van der Waals surface area (Å²) in [5, 5.41) is 33.3. The van der Waals surface area contributed by atoms with Crippen molar-refractivity contribution in [2.75, 3.05) is 122 Å². The third-order valence-electron chi connectivity index (χ3n) is 27.2. The molecular weight excluding hydrogens is 1690 g/mol. The number of alkyl carbamates (subject to hydrolysis) is 1. The van der Waals surface area contributed by atoms with E-state index in [4.69, 9.17) is 49.7 Å². The molecule has 1 saturated carbocycles. The quantitative estimate of drug-likeness (QED) is 0.0173. The SMILES string of the molecule is CO[C@H]1C[C@@H]2CC[C@@H](C)[C@@](O)(O2)C(=O)C(=O)N2CCCC[C@H]2C(=O)O[C@H]([C@H](N)C[C@@H]2CC[C@@H](OC(=O)NCc3cnc(N4CCN(C(=O)CCOCCN5CCN(c6ncc(C(=O)N7CCc8cc(Cn9nc(-c%10cnc%11[nH]ccc%11c%10)c%10c(N)ncnc%109)ccc8C7)cn6)CC5)CC4)nc3)[C@H](OC)C2)CC(=O)[C@H](C)/C=C(\C)[C@@H](O)[C@@H](OC)C(=O)[C@H](C)C[C@H](C)/C=C/C=C/C=C/1C. The average molecular weight is 1820 g/mol. The molecule has 1 aliphatic carbocycles. The molecule has 7 aliphatic rings. The highest BCUT2D eigenvalue weighted by Crippen LogP contribution is 2.39. The molecule has 14 rings (SSSR count). The second-order valence-electron chi connectivity index (χ2n) is 36.4. The Morgan fingerprint density at radius 1 is 0.735 bits per heavy atom. The number of benzene rings is 1. The number of piperazine rings is 2. The van der Waals surface area contributed by atoms with Crippen molar-refractivity contribution in [1.82, 2.24) is 74.6 Å². The van der Waals surface area contributed by atoms with Crippen molar-refractivity contribution in [2.24, 2.45) is 35.3 Å². The molecule has 132 heavy (non-hydrogen) atoms. The highest BCUT2D eigenvalue weighted by atomic mass is 16.6. The number of nitrogens with two attached hydrogens (primary N) is 2. The molecule has 5 fully saturated rings. The Morgan fingerprint density at radius 2 is 1.48 bits per heavy atom. The minimum absolute atomic E-state index is 0.00198. The van der Waals surface area contributed by atoms with Gasteiger partial charge < -0.3 is 89.6 Å². The molecule has 1 aromatic carbocycles. The van der Waals surface area contributed by atoms with Crippen LogP contribution in [0, 0.1) is 29.6 Å². The zero-order valence-electron chi connectivity index (χ0n) is 77.1. The molecule has 0 spiro atoms. The van der Waals surface area contributed by atoms with E-state index in [0.29, 0.717) is 188 Å². The van der Waals surface area contributed by atoms with Crippen LogP contribution in [0.25, 0.3) is 33.3 Å². The Labute approximate surface area is 769 Å². The van der Waals surface area contributed by atoms with Gasteiger partial charge in [-0.3, -0.25) is 33.7 Å². The van der Waals surface area contributed by atoms with E-state index in [0.717, 1.165) is 51.3 Å². The summed E-state index contributed by atoms with van der Waals surface area (Å²) in [7, 11) is 4.44. The van der Waals surface area contributed by atoms with Crippen LogP contribution < -0.4 is 26.6 Å². The van der Waals surface area contributed by atoms with Gasteiger partial charge in [0, 0.05) is 197 Å². The number of aromatic amines is 1. The van der Waals surface area contributed by atoms with E-state index < -0.39 is 108 Å². The van der Waals surface area contributed by atoms with Gasteiger partial charge in [0.25, 0.3) is 17.6 Å². The zero-order valence-corrected chi connectivity index (χ0v) is 77.1. The van der Waals surface area contributed by atoms with Gasteiger partial charge in [-0.25, -0.2) is 49.2 Å². The first-order valence-corrected chi connectivity index (χ1v) is 46.3. The lowest BCUT2D eigenvalue weighted by Gasteiger charge is -2.42. The van der Waals surface area contributed by atoms with E-state index in [1.807, 2.05) is 81.9 Å². The molecule has 15 atom stereocenters. The lowest BCUT2D eigenvalue weighted by molar-refractivity contribution is -0.265. The predicted octanol–water partition coefficient (Wildman–Crippen LogP) is 7.78. The maximum atomic E-state index is 14.8. The number of aromatic nitrogens is 10. The molecule has 36 heteroatoms. The maximum Gasteiger partial charge on any atom is 0.407 e. The van der Waals surface area contributed by atoms with E-state index in [-0.39, 0.29) is 74.6 Å². The molecule has 4 amide bonds. The zero-order chi connectivity index (χ0) is 93.4. The van der Waals surface area contributed by atoms with Gasteiger partial charge in [-0.05, 0) is 136 Å². The van der Waals surface area contributed by atoms with Crippen LogP contribution in [0.3, 0.4) is 0 Å². The van der Waals surface area contributed by atoms with E-state index in [1.165, 1.54) is 26.1 Å². The number of Topliss-reactive ketones (excluding diaryl/α,β-unsaturated/α-hetero) is 3. The van der Waals surface area contributed by atoms with Crippen molar-refractivity contribution in [3.8, 4) is 11.3 Å². The number of ketones is 3. The average Bonchev–Trinajstić information content (AvgIpc) is 1.70. The maximum absolute atomic E-state index is 14.8. The number of esters is 1. The minimum Gasteiger partial charge on any atom is -0.459 e. The molecule has 7 aromatic rings. The molecule has 2 bridgehead atoms. The number of rotatable bonds is 21. The van der Waals surface area contributed by atoms with Crippen molar-refractivity contribution < 1.29 is 81.7 Å². The number of allylic oxidation sites excluding steroid dienone is 6. The van der Waals surface area contributed by atoms with E-state index in [9.17, 15) is 48.6 Å². The van der Waals surface area contributed by atoms with Crippen molar-refractivity contribution in [2.45, 2.75) is 212 Å². The molecule has 6 aliphatic heterocycles. The number of hydrogen-bond acceptors (Lipinski definition) is 30. The third-order valence-corrected chi connectivity index (χ3v) is 27.2. The Morgan fingerprint density at radius 3 is 2.23 bits per heavy atom. The summed E-state index contributed by atoms with van der Waals surface area (Å²) in [6.45, 7) is 18.6. The number of nitrogen functional groups attached to an aromatic ring is 1. The first-order valence-electron chi connectivity index (χ1n) is 46.3. The highest BCUT2D eigenvalue weighted by molar-refractivity contribution is 6.39. The molecule has 708 valence electrons. The van der Waals surface area contributed by atoms with Crippen LogP contribution in [0.15, 0.2) is 121 Å². The smallest absolute Gasteiger partial charge is 0.407 e. The van der Waals surface area contributed by atoms with Gasteiger partial charge in [-0.2, -0.15) is 5.10 Å². The van der Waals surface area contributed by atoms with E-state index >= 15 is 0 Å².